The maximum absolute atomic E-state index is 10.6. The zero-order chi connectivity index (χ0) is 10.8. The van der Waals surface area contributed by atoms with Gasteiger partial charge in [0.25, 0.3) is 0 Å². The van der Waals surface area contributed by atoms with Crippen LogP contribution in [0.4, 0.5) is 0 Å². The number of hydrogen-bond donors (Lipinski definition) is 0. The Bertz CT molecular complexity index is 143. The van der Waals surface area contributed by atoms with Crippen LogP contribution in [0, 0.1) is 5.92 Å². The molecule has 0 unspecified atom stereocenters. The molecule has 0 aliphatic carbocycles. The Hall–Kier alpha value is -0.410. The second-order valence-corrected chi connectivity index (χ2v) is 3.89. The molecule has 84 valence electrons. The lowest BCUT2D eigenvalue weighted by atomic mass is 10.2. The van der Waals surface area contributed by atoms with Crippen LogP contribution >= 0.6 is 0 Å². The van der Waals surface area contributed by atoms with Gasteiger partial charge in [-0.25, -0.2) is 0 Å². The summed E-state index contributed by atoms with van der Waals surface area (Å²) in [6, 6.07) is 0. The van der Waals surface area contributed by atoms with Gasteiger partial charge in [-0.05, 0) is 19.3 Å². The highest BCUT2D eigenvalue weighted by Crippen LogP contribution is 1.93. The molecule has 14 heavy (non-hydrogen) atoms. The van der Waals surface area contributed by atoms with Gasteiger partial charge in [0, 0.05) is 19.6 Å². The maximum Gasteiger partial charge on any atom is 0.129 e. The lowest BCUT2D eigenvalue weighted by Gasteiger charge is -2.07. The molecule has 3 heteroatoms. The van der Waals surface area contributed by atoms with Crippen LogP contribution in [0.3, 0.4) is 0 Å². The zero-order valence-electron chi connectivity index (χ0n) is 9.54. The van der Waals surface area contributed by atoms with Crippen molar-refractivity contribution in [3.05, 3.63) is 0 Å². The van der Waals surface area contributed by atoms with Crippen molar-refractivity contribution >= 4 is 5.78 Å². The Labute approximate surface area is 86.8 Å². The van der Waals surface area contributed by atoms with Gasteiger partial charge in [0.1, 0.15) is 5.78 Å². The molecule has 0 aromatic heterocycles. The molecule has 0 aromatic carbocycles. The molecule has 0 saturated carbocycles. The molecule has 0 aliphatic rings. The number of carbonyl (C=O) groups is 1. The molecule has 0 aliphatic heterocycles. The van der Waals surface area contributed by atoms with Crippen LogP contribution in [0.25, 0.3) is 0 Å². The van der Waals surface area contributed by atoms with Crippen molar-refractivity contribution in [1.82, 2.24) is 0 Å². The van der Waals surface area contributed by atoms with E-state index in [9.17, 15) is 4.79 Å². The monoisotopic (exact) mass is 202 g/mol. The Morgan fingerprint density at radius 1 is 1.14 bits per heavy atom. The third kappa shape index (κ3) is 11.6. The van der Waals surface area contributed by atoms with Crippen LogP contribution in [0.2, 0.25) is 0 Å². The third-order valence-electron chi connectivity index (χ3n) is 1.64. The molecule has 0 aromatic rings. The number of Topliss-reactive ketones (excluding diaryl/α,β-unsaturated/α-hetero) is 1. The standard InChI is InChI=1S/C11H22O3/c1-10(2)9-14-8-7-13-6-4-5-11(3)12/h10H,4-9H2,1-3H3. The molecule has 0 radical (unpaired) electrons. The lowest BCUT2D eigenvalue weighted by molar-refractivity contribution is -0.117. The molecule has 0 rings (SSSR count). The van der Waals surface area contributed by atoms with Gasteiger partial charge in [0.15, 0.2) is 0 Å². The van der Waals surface area contributed by atoms with Crippen molar-refractivity contribution in [3.8, 4) is 0 Å². The van der Waals surface area contributed by atoms with Crippen LogP contribution in [-0.2, 0) is 14.3 Å². The van der Waals surface area contributed by atoms with Crippen molar-refractivity contribution in [2.24, 2.45) is 5.92 Å². The summed E-state index contributed by atoms with van der Waals surface area (Å²) in [5, 5.41) is 0. The smallest absolute Gasteiger partial charge is 0.129 e. The van der Waals surface area contributed by atoms with Gasteiger partial charge in [0.2, 0.25) is 0 Å². The fraction of sp³-hybridized carbons (Fsp3) is 0.909. The number of carbonyl (C=O) groups excluding carboxylic acids is 1. The molecule has 0 spiro atoms. The summed E-state index contributed by atoms with van der Waals surface area (Å²) in [5.74, 6) is 0.803. The van der Waals surface area contributed by atoms with E-state index >= 15 is 0 Å². The number of rotatable bonds is 9. The van der Waals surface area contributed by atoms with E-state index in [4.69, 9.17) is 9.47 Å². The molecule has 0 fully saturated rings. The second kappa shape index (κ2) is 9.16. The summed E-state index contributed by atoms with van der Waals surface area (Å²) < 4.78 is 10.6. The Morgan fingerprint density at radius 2 is 1.79 bits per heavy atom. The first-order valence-electron chi connectivity index (χ1n) is 5.28. The first kappa shape index (κ1) is 13.6. The first-order chi connectivity index (χ1) is 6.63. The summed E-state index contributed by atoms with van der Waals surface area (Å²) in [6.07, 6.45) is 1.44. The highest BCUT2D eigenvalue weighted by molar-refractivity contribution is 5.75. The summed E-state index contributed by atoms with van der Waals surface area (Å²) in [7, 11) is 0. The molecule has 0 saturated heterocycles. The minimum absolute atomic E-state index is 0.227. The Morgan fingerprint density at radius 3 is 2.36 bits per heavy atom. The minimum atomic E-state index is 0.227. The normalized spacial score (nSPS) is 10.9. The minimum Gasteiger partial charge on any atom is -0.379 e. The van der Waals surface area contributed by atoms with Crippen LogP contribution in [0.15, 0.2) is 0 Å². The zero-order valence-corrected chi connectivity index (χ0v) is 9.54. The van der Waals surface area contributed by atoms with Gasteiger partial charge in [-0.3, -0.25) is 0 Å². The van der Waals surface area contributed by atoms with E-state index in [1.54, 1.807) is 6.92 Å². The molecule has 3 nitrogen and oxygen atoms in total. The van der Waals surface area contributed by atoms with Gasteiger partial charge in [-0.1, -0.05) is 13.8 Å². The maximum atomic E-state index is 10.6. The predicted octanol–water partition coefficient (Wildman–Crippen LogP) is 2.04. The second-order valence-electron chi connectivity index (χ2n) is 3.89. The van der Waals surface area contributed by atoms with Crippen LogP contribution in [0.5, 0.6) is 0 Å². The molecule has 0 heterocycles. The molecule has 0 amide bonds. The summed E-state index contributed by atoms with van der Waals surface area (Å²) in [6.45, 7) is 8.57. The average molecular weight is 202 g/mol. The van der Waals surface area contributed by atoms with Crippen LogP contribution < -0.4 is 0 Å². The average Bonchev–Trinajstić information content (AvgIpc) is 2.08. The van der Waals surface area contributed by atoms with Crippen LogP contribution in [0.1, 0.15) is 33.6 Å². The van der Waals surface area contributed by atoms with Gasteiger partial charge < -0.3 is 14.3 Å². The largest absolute Gasteiger partial charge is 0.379 e. The van der Waals surface area contributed by atoms with Gasteiger partial charge >= 0.3 is 0 Å². The van der Waals surface area contributed by atoms with E-state index in [0.717, 1.165) is 13.0 Å². The third-order valence-corrected chi connectivity index (χ3v) is 1.64. The Kier molecular flexibility index (Phi) is 8.89. The topological polar surface area (TPSA) is 35.5 Å². The number of hydrogen-bond acceptors (Lipinski definition) is 3. The Balaban J connectivity index is 2.96. The number of ketones is 1. The van der Waals surface area contributed by atoms with E-state index in [1.807, 2.05) is 0 Å². The van der Waals surface area contributed by atoms with Crippen molar-refractivity contribution in [1.29, 1.82) is 0 Å². The van der Waals surface area contributed by atoms with E-state index in [-0.39, 0.29) is 5.78 Å². The fourth-order valence-electron chi connectivity index (χ4n) is 0.962. The summed E-state index contributed by atoms with van der Waals surface area (Å²) in [5.41, 5.74) is 0. The van der Waals surface area contributed by atoms with Crippen molar-refractivity contribution in [3.63, 3.8) is 0 Å². The van der Waals surface area contributed by atoms with Gasteiger partial charge in [-0.15, -0.1) is 0 Å². The SMILES string of the molecule is CC(=O)CCCOCCOCC(C)C. The molecular weight excluding hydrogens is 180 g/mol. The fourth-order valence-corrected chi connectivity index (χ4v) is 0.962. The van der Waals surface area contributed by atoms with Crippen LogP contribution in [-0.4, -0.2) is 32.2 Å². The molecule has 0 atom stereocenters. The van der Waals surface area contributed by atoms with Crippen molar-refractivity contribution in [2.45, 2.75) is 33.6 Å². The van der Waals surface area contributed by atoms with E-state index in [1.165, 1.54) is 0 Å². The van der Waals surface area contributed by atoms with Gasteiger partial charge in [-0.2, -0.15) is 0 Å². The molecule has 0 bridgehead atoms. The summed E-state index contributed by atoms with van der Waals surface area (Å²) in [4.78, 5) is 10.6. The predicted molar refractivity (Wildman–Crippen MR) is 56.4 cm³/mol. The van der Waals surface area contributed by atoms with Crippen molar-refractivity contribution < 1.29 is 14.3 Å². The van der Waals surface area contributed by atoms with E-state index in [0.29, 0.717) is 32.2 Å². The highest BCUT2D eigenvalue weighted by Gasteiger charge is 1.95. The van der Waals surface area contributed by atoms with E-state index in [2.05, 4.69) is 13.8 Å². The van der Waals surface area contributed by atoms with Gasteiger partial charge in [0.05, 0.1) is 13.2 Å². The first-order valence-corrected chi connectivity index (χ1v) is 5.28. The number of ether oxygens (including phenoxy) is 2. The molecule has 0 N–H and O–H groups in total. The van der Waals surface area contributed by atoms with Crippen molar-refractivity contribution in [2.75, 3.05) is 26.4 Å². The quantitative estimate of drug-likeness (QED) is 0.537. The molecular formula is C11H22O3. The highest BCUT2D eigenvalue weighted by atomic mass is 16.5. The van der Waals surface area contributed by atoms with E-state index < -0.39 is 0 Å². The summed E-state index contributed by atoms with van der Waals surface area (Å²) >= 11 is 0. The lowest BCUT2D eigenvalue weighted by Crippen LogP contribution is -2.09.